The van der Waals surface area contributed by atoms with Crippen LogP contribution in [0.25, 0.3) is 21.9 Å². The molecule has 4 heteroatoms. The van der Waals surface area contributed by atoms with Crippen molar-refractivity contribution >= 4 is 16.7 Å². The average Bonchev–Trinajstić information content (AvgIpc) is 2.71. The Kier molecular flexibility index (Phi) is 4.30. The number of nitrogens with zero attached hydrogens (tertiary/aromatic N) is 1. The van der Waals surface area contributed by atoms with Crippen LogP contribution in [0.2, 0.25) is 0 Å². The van der Waals surface area contributed by atoms with Crippen molar-refractivity contribution in [2.45, 2.75) is 6.54 Å². The van der Waals surface area contributed by atoms with Crippen LogP contribution in [0.15, 0.2) is 89.7 Å². The topological polar surface area (TPSA) is 59.3 Å². The van der Waals surface area contributed by atoms with E-state index in [0.717, 1.165) is 11.1 Å². The van der Waals surface area contributed by atoms with Crippen LogP contribution < -0.4 is 5.56 Å². The molecule has 0 amide bonds. The summed E-state index contributed by atoms with van der Waals surface area (Å²) in [5.41, 5.74) is 1.92. The van der Waals surface area contributed by atoms with E-state index in [9.17, 15) is 14.7 Å². The Bertz CT molecular complexity index is 1180. The van der Waals surface area contributed by atoms with Crippen LogP contribution >= 0.6 is 0 Å². The van der Waals surface area contributed by atoms with Gasteiger partial charge in [0.15, 0.2) is 0 Å². The molecule has 0 fully saturated rings. The first kappa shape index (κ1) is 16.8. The molecule has 0 radical (unpaired) electrons. The van der Waals surface area contributed by atoms with Gasteiger partial charge in [0, 0.05) is 10.9 Å². The van der Waals surface area contributed by atoms with Crippen molar-refractivity contribution in [1.82, 2.24) is 4.57 Å². The van der Waals surface area contributed by atoms with Crippen LogP contribution in [0.5, 0.6) is 0 Å². The fourth-order valence-electron chi connectivity index (χ4n) is 3.43. The highest BCUT2D eigenvalue weighted by atomic mass is 16.4. The summed E-state index contributed by atoms with van der Waals surface area (Å²) in [5.74, 6) is -1.12. The Morgan fingerprint density at radius 2 is 1.33 bits per heavy atom. The van der Waals surface area contributed by atoms with Gasteiger partial charge in [-0.1, -0.05) is 78.9 Å². The lowest BCUT2D eigenvalue weighted by molar-refractivity contribution is 0.0685. The number of rotatable bonds is 4. The summed E-state index contributed by atoms with van der Waals surface area (Å²) < 4.78 is 1.36. The highest BCUT2D eigenvalue weighted by molar-refractivity contribution is 6.06. The number of carboxylic acids is 1. The summed E-state index contributed by atoms with van der Waals surface area (Å²) >= 11 is 0. The molecule has 1 N–H and O–H groups in total. The van der Waals surface area contributed by atoms with E-state index in [1.165, 1.54) is 4.57 Å². The van der Waals surface area contributed by atoms with Crippen LogP contribution in [0.4, 0.5) is 0 Å². The molecule has 0 bridgehead atoms. The number of aromatic nitrogens is 1. The Hall–Kier alpha value is -3.66. The molecule has 3 aromatic carbocycles. The minimum atomic E-state index is -1.12. The molecule has 0 aliphatic heterocycles. The third kappa shape index (κ3) is 3.02. The second-order valence-corrected chi connectivity index (χ2v) is 6.32. The van der Waals surface area contributed by atoms with E-state index in [1.807, 2.05) is 66.7 Å². The maximum atomic E-state index is 13.1. The number of hydrogen-bond donors (Lipinski definition) is 1. The van der Waals surface area contributed by atoms with Crippen molar-refractivity contribution in [2.24, 2.45) is 0 Å². The Morgan fingerprint density at radius 3 is 1.96 bits per heavy atom. The summed E-state index contributed by atoms with van der Waals surface area (Å²) in [6, 6.07) is 25.9. The molecule has 0 unspecified atom stereocenters. The van der Waals surface area contributed by atoms with Crippen molar-refractivity contribution in [2.75, 3.05) is 0 Å². The molecule has 1 aromatic heterocycles. The van der Waals surface area contributed by atoms with Crippen LogP contribution in [0.3, 0.4) is 0 Å². The fraction of sp³-hybridized carbons (Fsp3) is 0.0435. The number of fused-ring (bicyclic) bond motifs is 1. The molecular weight excluding hydrogens is 338 g/mol. The van der Waals surface area contributed by atoms with E-state index in [2.05, 4.69) is 0 Å². The van der Waals surface area contributed by atoms with Gasteiger partial charge in [0.25, 0.3) is 5.56 Å². The largest absolute Gasteiger partial charge is 0.477 e. The molecular formula is C23H17NO3. The van der Waals surface area contributed by atoms with Gasteiger partial charge in [-0.3, -0.25) is 9.36 Å². The minimum Gasteiger partial charge on any atom is -0.477 e. The maximum absolute atomic E-state index is 13.1. The lowest BCUT2D eigenvalue weighted by atomic mass is 9.96. The zero-order chi connectivity index (χ0) is 18.8. The quantitative estimate of drug-likeness (QED) is 0.590. The van der Waals surface area contributed by atoms with E-state index in [1.54, 1.807) is 18.2 Å². The summed E-state index contributed by atoms with van der Waals surface area (Å²) in [7, 11) is 0. The SMILES string of the molecule is O=C(O)c1c(-c2ccccc2)c2ccccc2c(=O)n1Cc1ccccc1. The Morgan fingerprint density at radius 1 is 0.778 bits per heavy atom. The van der Waals surface area contributed by atoms with Crippen LogP contribution in [0.1, 0.15) is 16.1 Å². The molecule has 1 heterocycles. The van der Waals surface area contributed by atoms with Crippen molar-refractivity contribution in [3.05, 3.63) is 107 Å². The van der Waals surface area contributed by atoms with E-state index >= 15 is 0 Å². The van der Waals surface area contributed by atoms with Crippen LogP contribution in [0, 0.1) is 0 Å². The smallest absolute Gasteiger partial charge is 0.353 e. The molecule has 4 nitrogen and oxygen atoms in total. The zero-order valence-corrected chi connectivity index (χ0v) is 14.5. The van der Waals surface area contributed by atoms with E-state index < -0.39 is 5.97 Å². The molecule has 0 saturated carbocycles. The Balaban J connectivity index is 2.11. The van der Waals surface area contributed by atoms with Gasteiger partial charge >= 0.3 is 5.97 Å². The van der Waals surface area contributed by atoms with Gasteiger partial charge in [0.05, 0.1) is 6.54 Å². The minimum absolute atomic E-state index is 0.00810. The third-order valence-electron chi connectivity index (χ3n) is 4.63. The molecule has 27 heavy (non-hydrogen) atoms. The second-order valence-electron chi connectivity index (χ2n) is 6.32. The molecule has 4 rings (SSSR count). The number of carbonyl (C=O) groups is 1. The molecule has 132 valence electrons. The number of benzene rings is 3. The summed E-state index contributed by atoms with van der Waals surface area (Å²) in [6.45, 7) is 0.200. The molecule has 4 aromatic rings. The van der Waals surface area contributed by atoms with Crippen LogP contribution in [-0.4, -0.2) is 15.6 Å². The zero-order valence-electron chi connectivity index (χ0n) is 14.5. The first-order chi connectivity index (χ1) is 13.2. The van der Waals surface area contributed by atoms with E-state index in [-0.39, 0.29) is 17.8 Å². The molecule has 0 saturated heterocycles. The van der Waals surface area contributed by atoms with Gasteiger partial charge in [-0.2, -0.15) is 0 Å². The van der Waals surface area contributed by atoms with Gasteiger partial charge in [-0.25, -0.2) is 4.79 Å². The lowest BCUT2D eigenvalue weighted by Crippen LogP contribution is -2.28. The first-order valence-electron chi connectivity index (χ1n) is 8.65. The van der Waals surface area contributed by atoms with Gasteiger partial charge in [0.1, 0.15) is 5.69 Å². The molecule has 0 atom stereocenters. The molecule has 0 spiro atoms. The third-order valence-corrected chi connectivity index (χ3v) is 4.63. The van der Waals surface area contributed by atoms with Gasteiger partial charge in [-0.15, -0.1) is 0 Å². The average molecular weight is 355 g/mol. The van der Waals surface area contributed by atoms with Gasteiger partial charge < -0.3 is 5.11 Å². The van der Waals surface area contributed by atoms with Crippen molar-refractivity contribution in [3.8, 4) is 11.1 Å². The number of carboxylic acid groups (broad SMARTS) is 1. The number of hydrogen-bond acceptors (Lipinski definition) is 2. The highest BCUT2D eigenvalue weighted by Crippen LogP contribution is 2.31. The number of aromatic carboxylic acids is 1. The predicted molar refractivity (Wildman–Crippen MR) is 106 cm³/mol. The fourth-order valence-corrected chi connectivity index (χ4v) is 3.43. The summed E-state index contributed by atoms with van der Waals surface area (Å²) in [4.78, 5) is 25.4. The standard InChI is InChI=1S/C23H17NO3/c25-22-19-14-8-7-13-18(19)20(17-11-5-2-6-12-17)21(23(26)27)24(22)15-16-9-3-1-4-10-16/h1-14H,15H2,(H,26,27). The highest BCUT2D eigenvalue weighted by Gasteiger charge is 2.22. The predicted octanol–water partition coefficient (Wildman–Crippen LogP) is 4.42. The Labute approximate surface area is 156 Å². The van der Waals surface area contributed by atoms with Crippen molar-refractivity contribution in [3.63, 3.8) is 0 Å². The number of pyridine rings is 1. The summed E-state index contributed by atoms with van der Waals surface area (Å²) in [5, 5.41) is 11.2. The first-order valence-corrected chi connectivity index (χ1v) is 8.65. The van der Waals surface area contributed by atoms with Gasteiger partial charge in [-0.05, 0) is 22.6 Å². The van der Waals surface area contributed by atoms with Gasteiger partial charge in [0.2, 0.25) is 0 Å². The van der Waals surface area contributed by atoms with E-state index in [4.69, 9.17) is 0 Å². The maximum Gasteiger partial charge on any atom is 0.353 e. The second kappa shape index (κ2) is 6.92. The lowest BCUT2D eigenvalue weighted by Gasteiger charge is -2.17. The monoisotopic (exact) mass is 355 g/mol. The normalized spacial score (nSPS) is 10.8. The molecule has 0 aliphatic rings. The van der Waals surface area contributed by atoms with Crippen molar-refractivity contribution in [1.29, 1.82) is 0 Å². The van der Waals surface area contributed by atoms with Crippen LogP contribution in [-0.2, 0) is 6.54 Å². The van der Waals surface area contributed by atoms with E-state index in [0.29, 0.717) is 16.3 Å². The van der Waals surface area contributed by atoms with Crippen molar-refractivity contribution < 1.29 is 9.90 Å². The summed E-state index contributed by atoms with van der Waals surface area (Å²) in [6.07, 6.45) is 0. The molecule has 0 aliphatic carbocycles.